The molecule has 8 heteroatoms. The van der Waals surface area contributed by atoms with Crippen LogP contribution < -0.4 is 14.8 Å². The average Bonchev–Trinajstić information content (AvgIpc) is 2.61. The maximum absolute atomic E-state index is 12.4. The van der Waals surface area contributed by atoms with Gasteiger partial charge in [-0.05, 0) is 43.2 Å². The molecule has 0 fully saturated rings. The van der Waals surface area contributed by atoms with Gasteiger partial charge in [0.1, 0.15) is 16.4 Å². The number of carbonyl (C=O) groups excluding carboxylic acids is 1. The highest BCUT2D eigenvalue weighted by molar-refractivity contribution is 7.89. The van der Waals surface area contributed by atoms with Gasteiger partial charge < -0.3 is 14.8 Å². The van der Waals surface area contributed by atoms with Crippen LogP contribution in [0.5, 0.6) is 11.5 Å². The minimum Gasteiger partial charge on any atom is -0.495 e. The van der Waals surface area contributed by atoms with Gasteiger partial charge in [0.05, 0.1) is 7.11 Å². The number of aryl methyl sites for hydroxylation is 2. The minimum atomic E-state index is -3.72. The molecule has 27 heavy (non-hydrogen) atoms. The fraction of sp³-hybridized carbons (Fsp3) is 0.316. The lowest BCUT2D eigenvalue weighted by Gasteiger charge is -2.16. The topological polar surface area (TPSA) is 84.9 Å². The molecule has 1 N–H and O–H groups in total. The Morgan fingerprint density at radius 1 is 1.11 bits per heavy atom. The summed E-state index contributed by atoms with van der Waals surface area (Å²) in [6.07, 6.45) is 0. The third kappa shape index (κ3) is 4.78. The Bertz CT molecular complexity index is 919. The number of hydrogen-bond donors (Lipinski definition) is 1. The Morgan fingerprint density at radius 2 is 1.74 bits per heavy atom. The van der Waals surface area contributed by atoms with E-state index in [2.05, 4.69) is 5.32 Å². The van der Waals surface area contributed by atoms with Gasteiger partial charge in [-0.1, -0.05) is 18.2 Å². The van der Waals surface area contributed by atoms with Gasteiger partial charge in [0.25, 0.3) is 5.91 Å². The molecule has 1 amide bonds. The van der Waals surface area contributed by atoms with E-state index in [1.54, 1.807) is 6.07 Å². The number of hydrogen-bond acceptors (Lipinski definition) is 5. The minimum absolute atomic E-state index is 0.0246. The number of rotatable bonds is 7. The second-order valence-electron chi connectivity index (χ2n) is 6.21. The van der Waals surface area contributed by atoms with Crippen LogP contribution in [0, 0.1) is 13.8 Å². The Balaban J connectivity index is 2.16. The van der Waals surface area contributed by atoms with Crippen molar-refractivity contribution in [3.05, 3.63) is 47.5 Å². The standard InChI is InChI=1S/C19H24N2O5S/c1-13-7-6-8-14(2)19(13)26-12-18(22)20-15-9-10-16(25-5)17(11-15)27(23,24)21(3)4/h6-11H,12H2,1-5H3,(H,20,22). The van der Waals surface area contributed by atoms with Crippen molar-refractivity contribution >= 4 is 21.6 Å². The van der Waals surface area contributed by atoms with Crippen LogP contribution in [0.2, 0.25) is 0 Å². The van der Waals surface area contributed by atoms with E-state index < -0.39 is 15.9 Å². The lowest BCUT2D eigenvalue weighted by molar-refractivity contribution is -0.118. The van der Waals surface area contributed by atoms with Crippen molar-refractivity contribution in [3.63, 3.8) is 0 Å². The molecule has 0 saturated heterocycles. The van der Waals surface area contributed by atoms with E-state index in [4.69, 9.17) is 9.47 Å². The summed E-state index contributed by atoms with van der Waals surface area (Å²) in [4.78, 5) is 12.2. The van der Waals surface area contributed by atoms with Gasteiger partial charge in [-0.15, -0.1) is 0 Å². The molecule has 0 saturated carbocycles. The van der Waals surface area contributed by atoms with Crippen LogP contribution in [0.3, 0.4) is 0 Å². The van der Waals surface area contributed by atoms with E-state index in [0.717, 1.165) is 15.4 Å². The van der Waals surface area contributed by atoms with E-state index in [1.165, 1.54) is 33.3 Å². The summed E-state index contributed by atoms with van der Waals surface area (Å²) >= 11 is 0. The summed E-state index contributed by atoms with van der Waals surface area (Å²) in [7, 11) is 0.529. The summed E-state index contributed by atoms with van der Waals surface area (Å²) in [6, 6.07) is 10.2. The third-order valence-electron chi connectivity index (χ3n) is 3.96. The van der Waals surface area contributed by atoms with Gasteiger partial charge in [0, 0.05) is 19.8 Å². The number of nitrogens with zero attached hydrogens (tertiary/aromatic N) is 1. The zero-order valence-electron chi connectivity index (χ0n) is 16.1. The predicted molar refractivity (Wildman–Crippen MR) is 104 cm³/mol. The monoisotopic (exact) mass is 392 g/mol. The summed E-state index contributed by atoms with van der Waals surface area (Å²) < 4.78 is 36.7. The zero-order valence-corrected chi connectivity index (χ0v) is 16.9. The molecule has 0 spiro atoms. The highest BCUT2D eigenvalue weighted by Gasteiger charge is 2.23. The van der Waals surface area contributed by atoms with Crippen LogP contribution in [0.4, 0.5) is 5.69 Å². The third-order valence-corrected chi connectivity index (χ3v) is 5.80. The van der Waals surface area contributed by atoms with Crippen LogP contribution in [0.25, 0.3) is 0 Å². The molecule has 0 aliphatic carbocycles. The quantitative estimate of drug-likeness (QED) is 0.783. The number of methoxy groups -OCH3 is 1. The van der Waals surface area contributed by atoms with Crippen molar-refractivity contribution in [1.29, 1.82) is 0 Å². The van der Waals surface area contributed by atoms with Crippen molar-refractivity contribution in [1.82, 2.24) is 4.31 Å². The van der Waals surface area contributed by atoms with Gasteiger partial charge >= 0.3 is 0 Å². The van der Waals surface area contributed by atoms with Crippen molar-refractivity contribution in [3.8, 4) is 11.5 Å². The van der Waals surface area contributed by atoms with Gasteiger partial charge in [-0.25, -0.2) is 12.7 Å². The van der Waals surface area contributed by atoms with E-state index in [1.807, 2.05) is 32.0 Å². The Morgan fingerprint density at radius 3 is 2.30 bits per heavy atom. The number of benzene rings is 2. The molecule has 7 nitrogen and oxygen atoms in total. The number of carbonyl (C=O) groups is 1. The second-order valence-corrected chi connectivity index (χ2v) is 8.33. The van der Waals surface area contributed by atoms with Gasteiger partial charge in [-0.2, -0.15) is 0 Å². The first-order valence-electron chi connectivity index (χ1n) is 8.26. The number of nitrogens with one attached hydrogen (secondary N) is 1. The van der Waals surface area contributed by atoms with Crippen molar-refractivity contribution in [2.24, 2.45) is 0 Å². The summed E-state index contributed by atoms with van der Waals surface area (Å²) in [5.74, 6) is 0.475. The highest BCUT2D eigenvalue weighted by Crippen LogP contribution is 2.29. The first kappa shape index (κ1) is 20.7. The van der Waals surface area contributed by atoms with E-state index in [-0.39, 0.29) is 17.3 Å². The lowest BCUT2D eigenvalue weighted by atomic mass is 10.1. The highest BCUT2D eigenvalue weighted by atomic mass is 32.2. The fourth-order valence-electron chi connectivity index (χ4n) is 2.51. The smallest absolute Gasteiger partial charge is 0.262 e. The van der Waals surface area contributed by atoms with Gasteiger partial charge in [0.15, 0.2) is 6.61 Å². The Hall–Kier alpha value is -2.58. The predicted octanol–water partition coefficient (Wildman–Crippen LogP) is 2.58. The summed E-state index contributed by atoms with van der Waals surface area (Å²) in [5.41, 5.74) is 2.21. The number of ether oxygens (including phenoxy) is 2. The molecule has 0 bridgehead atoms. The molecule has 0 atom stereocenters. The van der Waals surface area contributed by atoms with Crippen LogP contribution in [-0.4, -0.2) is 46.4 Å². The van der Waals surface area contributed by atoms with E-state index in [0.29, 0.717) is 11.4 Å². The molecule has 0 heterocycles. The molecule has 146 valence electrons. The molecule has 2 aromatic rings. The maximum atomic E-state index is 12.4. The van der Waals surface area contributed by atoms with Crippen molar-refractivity contribution < 1.29 is 22.7 Å². The van der Waals surface area contributed by atoms with Crippen LogP contribution in [-0.2, 0) is 14.8 Å². The maximum Gasteiger partial charge on any atom is 0.262 e. The van der Waals surface area contributed by atoms with Gasteiger partial charge in [0.2, 0.25) is 10.0 Å². The SMILES string of the molecule is COc1ccc(NC(=O)COc2c(C)cccc2C)cc1S(=O)(=O)N(C)C. The first-order valence-corrected chi connectivity index (χ1v) is 9.70. The number of anilines is 1. The molecule has 0 radical (unpaired) electrons. The second kappa shape index (κ2) is 8.41. The van der Waals surface area contributed by atoms with E-state index >= 15 is 0 Å². The van der Waals surface area contributed by atoms with Crippen LogP contribution >= 0.6 is 0 Å². The number of sulfonamides is 1. The normalized spacial score (nSPS) is 11.3. The lowest BCUT2D eigenvalue weighted by Crippen LogP contribution is -2.24. The molecular formula is C19H24N2O5S. The largest absolute Gasteiger partial charge is 0.495 e. The summed E-state index contributed by atoms with van der Waals surface area (Å²) in [5, 5.41) is 2.65. The number of para-hydroxylation sites is 1. The Labute approximate surface area is 160 Å². The zero-order chi connectivity index (χ0) is 20.2. The molecule has 2 rings (SSSR count). The molecule has 0 unspecified atom stereocenters. The van der Waals surface area contributed by atoms with Crippen LogP contribution in [0.1, 0.15) is 11.1 Å². The summed E-state index contributed by atoms with van der Waals surface area (Å²) in [6.45, 7) is 3.62. The molecule has 0 aliphatic rings. The molecular weight excluding hydrogens is 368 g/mol. The van der Waals surface area contributed by atoms with Crippen LogP contribution in [0.15, 0.2) is 41.3 Å². The van der Waals surface area contributed by atoms with Gasteiger partial charge in [-0.3, -0.25) is 4.79 Å². The molecule has 0 aromatic heterocycles. The van der Waals surface area contributed by atoms with E-state index in [9.17, 15) is 13.2 Å². The Kier molecular flexibility index (Phi) is 6.45. The number of amides is 1. The molecule has 0 aliphatic heterocycles. The van der Waals surface area contributed by atoms with Crippen molar-refractivity contribution in [2.45, 2.75) is 18.7 Å². The molecule has 2 aromatic carbocycles. The fourth-order valence-corrected chi connectivity index (χ4v) is 3.59. The first-order chi connectivity index (χ1) is 12.7. The van der Waals surface area contributed by atoms with Crippen molar-refractivity contribution in [2.75, 3.05) is 33.1 Å². The average molecular weight is 392 g/mol.